The predicted molar refractivity (Wildman–Crippen MR) is 58.9 cm³/mol. The number of aliphatic hydroxyl groups is 1. The molecule has 88 valence electrons. The van der Waals surface area contributed by atoms with Crippen molar-refractivity contribution in [3.8, 4) is 5.75 Å². The standard InChI is InChI=1S/C10H14FN3O2/c1-16-9-3-2-8(14(13)5-4-12)7(6-15)10(9)11/h2-5,15H,6,12-13H2,1H3/b5-4-. The van der Waals surface area contributed by atoms with Gasteiger partial charge in [-0.25, -0.2) is 10.2 Å². The Kier molecular flexibility index (Phi) is 4.10. The number of nitrogens with zero attached hydrogens (tertiary/aromatic N) is 1. The molecule has 0 atom stereocenters. The van der Waals surface area contributed by atoms with Crippen molar-refractivity contribution >= 4 is 5.69 Å². The Balaban J connectivity index is 3.25. The van der Waals surface area contributed by atoms with Crippen LogP contribution in [0.2, 0.25) is 0 Å². The second-order valence-corrected chi connectivity index (χ2v) is 2.99. The maximum Gasteiger partial charge on any atom is 0.172 e. The summed E-state index contributed by atoms with van der Waals surface area (Å²) in [5, 5.41) is 10.2. The predicted octanol–water partition coefficient (Wildman–Crippen LogP) is 0.437. The first-order chi connectivity index (χ1) is 7.65. The summed E-state index contributed by atoms with van der Waals surface area (Å²) in [5.41, 5.74) is 5.55. The Bertz CT molecular complexity index is 396. The van der Waals surface area contributed by atoms with Gasteiger partial charge in [-0.1, -0.05) is 0 Å². The molecule has 0 aromatic heterocycles. The molecular formula is C10H14FN3O2. The molecule has 1 rings (SSSR count). The normalized spacial score (nSPS) is 10.8. The fourth-order valence-electron chi connectivity index (χ4n) is 1.31. The van der Waals surface area contributed by atoms with Crippen LogP contribution in [-0.4, -0.2) is 12.2 Å². The van der Waals surface area contributed by atoms with Crippen LogP contribution in [0.5, 0.6) is 5.75 Å². The molecule has 0 radical (unpaired) electrons. The van der Waals surface area contributed by atoms with Gasteiger partial charge in [-0.2, -0.15) is 0 Å². The van der Waals surface area contributed by atoms with Gasteiger partial charge in [-0.05, 0) is 12.1 Å². The van der Waals surface area contributed by atoms with Gasteiger partial charge in [0.15, 0.2) is 11.6 Å². The van der Waals surface area contributed by atoms with Gasteiger partial charge in [0.25, 0.3) is 0 Å². The van der Waals surface area contributed by atoms with E-state index in [9.17, 15) is 4.39 Å². The number of anilines is 1. The van der Waals surface area contributed by atoms with Gasteiger partial charge in [-0.15, -0.1) is 0 Å². The molecule has 0 bridgehead atoms. The van der Waals surface area contributed by atoms with Crippen molar-refractivity contribution in [3.63, 3.8) is 0 Å². The van der Waals surface area contributed by atoms with Gasteiger partial charge in [0, 0.05) is 18.0 Å². The van der Waals surface area contributed by atoms with Crippen LogP contribution >= 0.6 is 0 Å². The second-order valence-electron chi connectivity index (χ2n) is 2.99. The monoisotopic (exact) mass is 227 g/mol. The number of hydrazine groups is 1. The van der Waals surface area contributed by atoms with Crippen LogP contribution in [0.4, 0.5) is 10.1 Å². The average Bonchev–Trinajstić information content (AvgIpc) is 2.28. The molecule has 0 unspecified atom stereocenters. The van der Waals surface area contributed by atoms with E-state index in [-0.39, 0.29) is 11.3 Å². The Hall–Kier alpha value is -1.79. The highest BCUT2D eigenvalue weighted by molar-refractivity contribution is 5.57. The maximum absolute atomic E-state index is 13.7. The van der Waals surface area contributed by atoms with Crippen molar-refractivity contribution in [2.75, 3.05) is 12.1 Å². The van der Waals surface area contributed by atoms with E-state index >= 15 is 0 Å². The first-order valence-corrected chi connectivity index (χ1v) is 4.54. The number of halogens is 1. The van der Waals surface area contributed by atoms with E-state index in [0.29, 0.717) is 5.69 Å². The maximum atomic E-state index is 13.7. The Morgan fingerprint density at radius 3 is 2.75 bits per heavy atom. The molecule has 0 saturated heterocycles. The van der Waals surface area contributed by atoms with Gasteiger partial charge < -0.3 is 15.6 Å². The van der Waals surface area contributed by atoms with Gasteiger partial charge in [0.1, 0.15) is 0 Å². The fourth-order valence-corrected chi connectivity index (χ4v) is 1.31. The van der Waals surface area contributed by atoms with E-state index < -0.39 is 12.4 Å². The molecule has 0 amide bonds. The molecule has 5 nitrogen and oxygen atoms in total. The van der Waals surface area contributed by atoms with Crippen molar-refractivity contribution in [2.45, 2.75) is 6.61 Å². The van der Waals surface area contributed by atoms with Crippen molar-refractivity contribution < 1.29 is 14.2 Å². The van der Waals surface area contributed by atoms with Crippen LogP contribution < -0.4 is 21.3 Å². The summed E-state index contributed by atoms with van der Waals surface area (Å²) in [6.45, 7) is -0.482. The van der Waals surface area contributed by atoms with E-state index in [1.165, 1.54) is 31.6 Å². The van der Waals surface area contributed by atoms with Crippen LogP contribution in [0, 0.1) is 5.82 Å². The summed E-state index contributed by atoms with van der Waals surface area (Å²) >= 11 is 0. The van der Waals surface area contributed by atoms with Crippen LogP contribution in [0.15, 0.2) is 24.5 Å². The summed E-state index contributed by atoms with van der Waals surface area (Å²) in [7, 11) is 1.35. The van der Waals surface area contributed by atoms with Gasteiger partial charge >= 0.3 is 0 Å². The van der Waals surface area contributed by atoms with E-state index in [1.54, 1.807) is 0 Å². The minimum absolute atomic E-state index is 0.0536. The summed E-state index contributed by atoms with van der Waals surface area (Å²) < 4.78 is 18.5. The van der Waals surface area contributed by atoms with Gasteiger partial charge in [-0.3, -0.25) is 5.01 Å². The molecule has 6 heteroatoms. The third-order valence-corrected chi connectivity index (χ3v) is 2.09. The highest BCUT2D eigenvalue weighted by Gasteiger charge is 2.15. The fraction of sp³-hybridized carbons (Fsp3) is 0.200. The minimum Gasteiger partial charge on any atom is -0.494 e. The van der Waals surface area contributed by atoms with E-state index in [1.807, 2.05) is 0 Å². The molecule has 0 aliphatic carbocycles. The number of aliphatic hydroxyl groups excluding tert-OH is 1. The highest BCUT2D eigenvalue weighted by atomic mass is 19.1. The number of ether oxygens (including phenoxy) is 1. The van der Waals surface area contributed by atoms with Crippen LogP contribution in [-0.2, 0) is 6.61 Å². The lowest BCUT2D eigenvalue weighted by Crippen LogP contribution is -2.26. The van der Waals surface area contributed by atoms with Crippen molar-refractivity contribution in [1.29, 1.82) is 0 Å². The zero-order valence-electron chi connectivity index (χ0n) is 8.85. The second kappa shape index (κ2) is 5.34. The van der Waals surface area contributed by atoms with Gasteiger partial charge in [0.2, 0.25) is 0 Å². The molecular weight excluding hydrogens is 213 g/mol. The number of benzene rings is 1. The SMILES string of the molecule is COc1ccc(N(N)/C=C\N)c(CO)c1F. The van der Waals surface area contributed by atoms with Crippen LogP contribution in [0.3, 0.4) is 0 Å². The number of methoxy groups -OCH3 is 1. The van der Waals surface area contributed by atoms with Crippen LogP contribution in [0.25, 0.3) is 0 Å². The lowest BCUT2D eigenvalue weighted by atomic mass is 10.1. The molecule has 0 aliphatic rings. The average molecular weight is 227 g/mol. The number of nitrogens with two attached hydrogens (primary N) is 2. The molecule has 0 heterocycles. The lowest BCUT2D eigenvalue weighted by Gasteiger charge is -2.18. The Morgan fingerprint density at radius 2 is 2.25 bits per heavy atom. The third kappa shape index (κ3) is 2.23. The molecule has 5 N–H and O–H groups in total. The quantitative estimate of drug-likeness (QED) is 0.513. The summed E-state index contributed by atoms with van der Waals surface area (Å²) in [4.78, 5) is 0. The summed E-state index contributed by atoms with van der Waals surface area (Å²) in [6.07, 6.45) is 2.56. The number of hydrogen-bond donors (Lipinski definition) is 3. The number of rotatable bonds is 4. The molecule has 0 spiro atoms. The van der Waals surface area contributed by atoms with E-state index in [0.717, 1.165) is 5.01 Å². The molecule has 16 heavy (non-hydrogen) atoms. The number of hydrogen-bond acceptors (Lipinski definition) is 5. The van der Waals surface area contributed by atoms with Gasteiger partial charge in [0.05, 0.1) is 19.4 Å². The third-order valence-electron chi connectivity index (χ3n) is 2.09. The minimum atomic E-state index is -0.636. The largest absolute Gasteiger partial charge is 0.494 e. The van der Waals surface area contributed by atoms with Crippen molar-refractivity contribution in [1.82, 2.24) is 0 Å². The topological polar surface area (TPSA) is 84.7 Å². The molecule has 0 fully saturated rings. The Labute approximate surface area is 92.7 Å². The first-order valence-electron chi connectivity index (χ1n) is 4.54. The smallest absolute Gasteiger partial charge is 0.172 e. The molecule has 1 aromatic rings. The van der Waals surface area contributed by atoms with Crippen molar-refractivity contribution in [2.24, 2.45) is 11.6 Å². The Morgan fingerprint density at radius 1 is 1.56 bits per heavy atom. The summed E-state index contributed by atoms with van der Waals surface area (Å²) in [5.74, 6) is 5.01. The molecule has 0 aliphatic heterocycles. The van der Waals surface area contributed by atoms with Crippen LogP contribution in [0.1, 0.15) is 5.56 Å². The first kappa shape index (κ1) is 12.3. The zero-order chi connectivity index (χ0) is 12.1. The summed E-state index contributed by atoms with van der Waals surface area (Å²) in [6, 6.07) is 2.96. The lowest BCUT2D eigenvalue weighted by molar-refractivity contribution is 0.273. The van der Waals surface area contributed by atoms with E-state index in [2.05, 4.69) is 0 Å². The van der Waals surface area contributed by atoms with Crippen molar-refractivity contribution in [3.05, 3.63) is 35.9 Å². The zero-order valence-corrected chi connectivity index (χ0v) is 8.85. The molecule has 0 saturated carbocycles. The molecule has 1 aromatic carbocycles. The van der Waals surface area contributed by atoms with E-state index in [4.69, 9.17) is 21.4 Å². The highest BCUT2D eigenvalue weighted by Crippen LogP contribution is 2.28.